The van der Waals surface area contributed by atoms with Crippen LogP contribution in [0.15, 0.2) is 33.9 Å². The summed E-state index contributed by atoms with van der Waals surface area (Å²) < 4.78 is 5.58. The van der Waals surface area contributed by atoms with Gasteiger partial charge in [0.2, 0.25) is 5.89 Å². The summed E-state index contributed by atoms with van der Waals surface area (Å²) in [5.74, 6) is 1.78. The quantitative estimate of drug-likeness (QED) is 0.792. The smallest absolute Gasteiger partial charge is 0.276 e. The second-order valence-electron chi connectivity index (χ2n) is 5.06. The molecule has 4 nitrogen and oxygen atoms in total. The molecule has 0 aliphatic heterocycles. The number of hydrogen-bond donors (Lipinski definition) is 1. The molecule has 0 aliphatic carbocycles. The summed E-state index contributed by atoms with van der Waals surface area (Å²) in [6, 6.07) is 7.52. The zero-order valence-corrected chi connectivity index (χ0v) is 14.3. The van der Waals surface area contributed by atoms with E-state index in [0.717, 1.165) is 22.8 Å². The molecule has 1 atom stereocenters. The molecule has 0 amide bonds. The van der Waals surface area contributed by atoms with Crippen LogP contribution in [0.25, 0.3) is 0 Å². The highest BCUT2D eigenvalue weighted by Crippen LogP contribution is 2.25. The van der Waals surface area contributed by atoms with Crippen molar-refractivity contribution in [1.29, 1.82) is 0 Å². The Morgan fingerprint density at radius 2 is 1.90 bits per heavy atom. The third-order valence-corrected chi connectivity index (χ3v) is 3.88. The van der Waals surface area contributed by atoms with Crippen LogP contribution in [0, 0.1) is 5.92 Å². The molecular weight excluding hydrogens is 329 g/mol. The van der Waals surface area contributed by atoms with Gasteiger partial charge < -0.3 is 22.6 Å². The molecule has 0 unspecified atom stereocenters. The fourth-order valence-electron chi connectivity index (χ4n) is 1.76. The topological polar surface area (TPSA) is 64.9 Å². The molecule has 0 saturated heterocycles. The molecular formula is C14H18Cl2N3OS-. The summed E-state index contributed by atoms with van der Waals surface area (Å²) in [5.41, 5.74) is 7.17. The van der Waals surface area contributed by atoms with Gasteiger partial charge in [0.05, 0.1) is 6.04 Å². The Morgan fingerprint density at radius 1 is 1.24 bits per heavy atom. The lowest BCUT2D eigenvalue weighted by Gasteiger charge is -2.08. The molecule has 0 saturated carbocycles. The fourth-order valence-corrected chi connectivity index (χ4v) is 2.61. The number of hydrogen-bond acceptors (Lipinski definition) is 5. The summed E-state index contributed by atoms with van der Waals surface area (Å²) in [5, 5.41) is 9.31. The fraction of sp³-hybridized carbons (Fsp3) is 0.429. The van der Waals surface area contributed by atoms with E-state index in [1.165, 1.54) is 11.8 Å². The standard InChI is InChI=1S/C14H18ClN3OS.ClH/c1-9(2)7-12(16)13-17-18-14(19-13)20-8-10-3-5-11(15)6-4-10;/h3-6,9,12H,7-8,16H2,1-2H3;1H/p-1/t12-;/m0./s1. The maximum absolute atomic E-state index is 6.01. The monoisotopic (exact) mass is 346 g/mol. The minimum absolute atomic E-state index is 0. The lowest BCUT2D eigenvalue weighted by molar-refractivity contribution is -0.00000493. The molecule has 2 aromatic rings. The van der Waals surface area contributed by atoms with E-state index in [1.807, 2.05) is 24.3 Å². The predicted molar refractivity (Wildman–Crippen MR) is 81.7 cm³/mol. The van der Waals surface area contributed by atoms with Gasteiger partial charge in [-0.05, 0) is 30.0 Å². The third kappa shape index (κ3) is 5.87. The highest BCUT2D eigenvalue weighted by atomic mass is 35.5. The first-order valence-corrected chi connectivity index (χ1v) is 7.87. The van der Waals surface area contributed by atoms with E-state index in [9.17, 15) is 0 Å². The number of nitrogens with zero attached hydrogens (tertiary/aromatic N) is 2. The van der Waals surface area contributed by atoms with Crippen LogP contribution < -0.4 is 18.1 Å². The molecule has 0 bridgehead atoms. The molecule has 21 heavy (non-hydrogen) atoms. The molecule has 1 heterocycles. The highest BCUT2D eigenvalue weighted by Gasteiger charge is 2.16. The number of halogens is 2. The number of rotatable bonds is 6. The maximum Gasteiger partial charge on any atom is 0.276 e. The van der Waals surface area contributed by atoms with Crippen molar-refractivity contribution in [2.75, 3.05) is 0 Å². The first kappa shape index (κ1) is 18.3. The zero-order chi connectivity index (χ0) is 14.5. The third-order valence-electron chi connectivity index (χ3n) is 2.74. The minimum atomic E-state index is -0.188. The lowest BCUT2D eigenvalue weighted by Crippen LogP contribution is -3.00. The van der Waals surface area contributed by atoms with Crippen molar-refractivity contribution < 1.29 is 16.8 Å². The predicted octanol–water partition coefficient (Wildman–Crippen LogP) is 1.07. The summed E-state index contributed by atoms with van der Waals surface area (Å²) in [6.07, 6.45) is 0.837. The molecule has 2 rings (SSSR count). The Balaban J connectivity index is 0.00000220. The van der Waals surface area contributed by atoms with Crippen molar-refractivity contribution in [1.82, 2.24) is 10.2 Å². The second kappa shape index (κ2) is 8.63. The molecule has 7 heteroatoms. The van der Waals surface area contributed by atoms with Crippen LogP contribution in [0.3, 0.4) is 0 Å². The summed E-state index contributed by atoms with van der Waals surface area (Å²) in [7, 11) is 0. The van der Waals surface area contributed by atoms with E-state index in [1.54, 1.807) is 0 Å². The molecule has 116 valence electrons. The number of thioether (sulfide) groups is 1. The van der Waals surface area contributed by atoms with E-state index in [2.05, 4.69) is 24.0 Å². The lowest BCUT2D eigenvalue weighted by atomic mass is 10.1. The Kier molecular flexibility index (Phi) is 7.52. The van der Waals surface area contributed by atoms with Crippen molar-refractivity contribution in [3.8, 4) is 0 Å². The Bertz CT molecular complexity index is 545. The molecule has 2 N–H and O–H groups in total. The second-order valence-corrected chi connectivity index (χ2v) is 6.42. The van der Waals surface area contributed by atoms with Crippen LogP contribution >= 0.6 is 23.4 Å². The van der Waals surface area contributed by atoms with Gasteiger partial charge in [-0.1, -0.05) is 49.3 Å². The van der Waals surface area contributed by atoms with E-state index in [0.29, 0.717) is 17.0 Å². The van der Waals surface area contributed by atoms with E-state index < -0.39 is 0 Å². The van der Waals surface area contributed by atoms with Crippen molar-refractivity contribution in [3.05, 3.63) is 40.7 Å². The highest BCUT2D eigenvalue weighted by molar-refractivity contribution is 7.98. The van der Waals surface area contributed by atoms with E-state index in [4.69, 9.17) is 21.8 Å². The summed E-state index contributed by atoms with van der Waals surface area (Å²) >= 11 is 7.34. The van der Waals surface area contributed by atoms with Crippen LogP contribution in [0.4, 0.5) is 0 Å². The van der Waals surface area contributed by atoms with Gasteiger partial charge in [-0.15, -0.1) is 10.2 Å². The largest absolute Gasteiger partial charge is 1.00 e. The molecule has 1 aromatic carbocycles. The van der Waals surface area contributed by atoms with Gasteiger partial charge in [0, 0.05) is 10.8 Å². The number of nitrogens with two attached hydrogens (primary N) is 1. The van der Waals surface area contributed by atoms with Gasteiger partial charge in [-0.25, -0.2) is 0 Å². The normalized spacial score (nSPS) is 12.2. The number of benzene rings is 1. The average molecular weight is 347 g/mol. The van der Waals surface area contributed by atoms with Crippen LogP contribution in [-0.2, 0) is 5.75 Å². The minimum Gasteiger partial charge on any atom is -1.00 e. The number of aromatic nitrogens is 2. The first-order chi connectivity index (χ1) is 9.54. The molecule has 0 spiro atoms. The van der Waals surface area contributed by atoms with Crippen molar-refractivity contribution >= 4 is 23.4 Å². The van der Waals surface area contributed by atoms with Crippen LogP contribution in [0.5, 0.6) is 0 Å². The zero-order valence-electron chi connectivity index (χ0n) is 11.9. The van der Waals surface area contributed by atoms with Crippen molar-refractivity contribution in [3.63, 3.8) is 0 Å². The van der Waals surface area contributed by atoms with Gasteiger partial charge in [0.1, 0.15) is 0 Å². The maximum atomic E-state index is 6.01. The van der Waals surface area contributed by atoms with Crippen LogP contribution in [0.1, 0.15) is 37.8 Å². The Morgan fingerprint density at radius 3 is 2.52 bits per heavy atom. The van der Waals surface area contributed by atoms with Crippen LogP contribution in [-0.4, -0.2) is 10.2 Å². The van der Waals surface area contributed by atoms with Gasteiger partial charge in [-0.3, -0.25) is 0 Å². The molecule has 0 aliphatic rings. The molecule has 1 aromatic heterocycles. The van der Waals surface area contributed by atoms with Gasteiger partial charge in [-0.2, -0.15) is 0 Å². The first-order valence-electron chi connectivity index (χ1n) is 6.51. The summed E-state index contributed by atoms with van der Waals surface area (Å²) in [4.78, 5) is 0. The molecule has 0 fully saturated rings. The van der Waals surface area contributed by atoms with Crippen molar-refractivity contribution in [2.24, 2.45) is 11.7 Å². The average Bonchev–Trinajstić information content (AvgIpc) is 2.86. The van der Waals surface area contributed by atoms with Gasteiger partial charge >= 0.3 is 0 Å². The van der Waals surface area contributed by atoms with Crippen LogP contribution in [0.2, 0.25) is 5.02 Å². The Labute approximate surface area is 140 Å². The van der Waals surface area contributed by atoms with Crippen molar-refractivity contribution in [2.45, 2.75) is 37.3 Å². The van der Waals surface area contributed by atoms with E-state index in [-0.39, 0.29) is 18.4 Å². The SMILES string of the molecule is CC(C)C[C@H](N)c1nnc(SCc2ccc(Cl)cc2)o1.[Cl-]. The van der Waals surface area contributed by atoms with Gasteiger partial charge in [0.15, 0.2) is 0 Å². The van der Waals surface area contributed by atoms with Gasteiger partial charge in [0.25, 0.3) is 5.22 Å². The molecule has 0 radical (unpaired) electrons. The van der Waals surface area contributed by atoms with E-state index >= 15 is 0 Å². The Hall–Kier alpha value is -0.750. The summed E-state index contributed by atoms with van der Waals surface area (Å²) in [6.45, 7) is 4.23.